The summed E-state index contributed by atoms with van der Waals surface area (Å²) in [6, 6.07) is 7.52. The number of benzene rings is 1. The van der Waals surface area contributed by atoms with Crippen LogP contribution >= 0.6 is 0 Å². The third-order valence-electron chi connectivity index (χ3n) is 2.57. The van der Waals surface area contributed by atoms with Crippen LogP contribution in [0.15, 0.2) is 29.4 Å². The van der Waals surface area contributed by atoms with E-state index in [4.69, 9.17) is 25.2 Å². The Morgan fingerprint density at radius 3 is 2.55 bits per heavy atom. The van der Waals surface area contributed by atoms with Crippen LogP contribution in [0.4, 0.5) is 0 Å². The second-order valence-corrected chi connectivity index (χ2v) is 4.22. The zero-order chi connectivity index (χ0) is 14.6. The molecular weight excluding hydrogens is 260 g/mol. The fourth-order valence-corrected chi connectivity index (χ4v) is 1.54. The van der Waals surface area contributed by atoms with Gasteiger partial charge >= 0.3 is 0 Å². The molecule has 0 aliphatic heterocycles. The highest BCUT2D eigenvalue weighted by Crippen LogP contribution is 2.12. The Morgan fingerprint density at radius 2 is 1.90 bits per heavy atom. The Kier molecular flexibility index (Phi) is 8.17. The zero-order valence-electron chi connectivity index (χ0n) is 11.7. The molecule has 0 bridgehead atoms. The Balaban J connectivity index is 2.18. The maximum Gasteiger partial charge on any atom is 0.143 e. The molecule has 3 N–H and O–H groups in total. The van der Waals surface area contributed by atoms with Crippen molar-refractivity contribution in [3.63, 3.8) is 0 Å². The molecule has 0 radical (unpaired) electrons. The lowest BCUT2D eigenvalue weighted by atomic mass is 10.1. The van der Waals surface area contributed by atoms with E-state index >= 15 is 0 Å². The van der Waals surface area contributed by atoms with E-state index < -0.39 is 0 Å². The zero-order valence-corrected chi connectivity index (χ0v) is 11.7. The highest BCUT2D eigenvalue weighted by atomic mass is 16.5. The molecule has 0 amide bonds. The number of oxime groups is 1. The molecule has 0 unspecified atom stereocenters. The van der Waals surface area contributed by atoms with Gasteiger partial charge in [-0.15, -0.1) is 0 Å². The van der Waals surface area contributed by atoms with Gasteiger partial charge in [0.05, 0.1) is 19.8 Å². The number of nitrogens with two attached hydrogens (primary N) is 1. The normalized spacial score (nSPS) is 11.6. The third kappa shape index (κ3) is 6.96. The Morgan fingerprint density at radius 1 is 1.15 bits per heavy atom. The Bertz CT molecular complexity index is 393. The average Bonchev–Trinajstić information content (AvgIpc) is 2.48. The summed E-state index contributed by atoms with van der Waals surface area (Å²) in [5.41, 5.74) is 6.41. The monoisotopic (exact) mass is 282 g/mol. The van der Waals surface area contributed by atoms with E-state index in [0.717, 1.165) is 17.7 Å². The van der Waals surface area contributed by atoms with Gasteiger partial charge in [0.1, 0.15) is 11.6 Å². The summed E-state index contributed by atoms with van der Waals surface area (Å²) in [4.78, 5) is 0. The minimum atomic E-state index is 0.187. The van der Waals surface area contributed by atoms with Crippen molar-refractivity contribution < 1.29 is 19.4 Å². The maximum absolute atomic E-state index is 8.49. The summed E-state index contributed by atoms with van der Waals surface area (Å²) in [5.74, 6) is 0.983. The van der Waals surface area contributed by atoms with Crippen molar-refractivity contribution >= 4 is 5.84 Å². The van der Waals surface area contributed by atoms with Gasteiger partial charge in [-0.2, -0.15) is 0 Å². The van der Waals surface area contributed by atoms with Crippen molar-refractivity contribution in [2.75, 3.05) is 33.5 Å². The Hall–Kier alpha value is -1.79. The summed E-state index contributed by atoms with van der Waals surface area (Å²) in [5, 5.41) is 11.4. The van der Waals surface area contributed by atoms with Crippen LogP contribution in [0.2, 0.25) is 0 Å². The van der Waals surface area contributed by atoms with Crippen LogP contribution in [0.1, 0.15) is 12.0 Å². The lowest BCUT2D eigenvalue weighted by Crippen LogP contribution is -2.14. The number of nitrogens with zero attached hydrogens (tertiary/aromatic N) is 1. The summed E-state index contributed by atoms with van der Waals surface area (Å²) < 4.78 is 15.8. The first kappa shape index (κ1) is 16.3. The fraction of sp³-hybridized carbons (Fsp3) is 0.500. The predicted molar refractivity (Wildman–Crippen MR) is 76.4 cm³/mol. The second kappa shape index (κ2) is 10.1. The highest BCUT2D eigenvalue weighted by molar-refractivity contribution is 5.82. The summed E-state index contributed by atoms with van der Waals surface area (Å²) in [6.45, 7) is 2.49. The minimum absolute atomic E-state index is 0.187. The molecule has 112 valence electrons. The van der Waals surface area contributed by atoms with Gasteiger partial charge in [-0.05, 0) is 17.7 Å². The molecule has 0 atom stereocenters. The molecule has 0 saturated carbocycles. The van der Waals surface area contributed by atoms with Crippen LogP contribution in [0.5, 0.6) is 5.75 Å². The summed E-state index contributed by atoms with van der Waals surface area (Å²) in [7, 11) is 1.65. The predicted octanol–water partition coefficient (Wildman–Crippen LogP) is 1.41. The molecule has 1 rings (SSSR count). The minimum Gasteiger partial charge on any atom is -0.494 e. The van der Waals surface area contributed by atoms with Gasteiger partial charge < -0.3 is 25.2 Å². The van der Waals surface area contributed by atoms with Crippen molar-refractivity contribution in [2.24, 2.45) is 10.9 Å². The molecular formula is C14H22N2O4. The molecule has 0 aromatic heterocycles. The molecule has 1 aromatic rings. The first-order valence-corrected chi connectivity index (χ1v) is 6.51. The van der Waals surface area contributed by atoms with Gasteiger partial charge in [0, 0.05) is 26.6 Å². The van der Waals surface area contributed by atoms with Crippen LogP contribution in [0, 0.1) is 0 Å². The van der Waals surface area contributed by atoms with Crippen molar-refractivity contribution in [3.05, 3.63) is 29.8 Å². The lowest BCUT2D eigenvalue weighted by molar-refractivity contribution is 0.0644. The van der Waals surface area contributed by atoms with Crippen LogP contribution in [-0.4, -0.2) is 44.6 Å². The largest absolute Gasteiger partial charge is 0.494 e. The molecule has 0 fully saturated rings. The van der Waals surface area contributed by atoms with Crippen molar-refractivity contribution in [1.29, 1.82) is 0 Å². The number of methoxy groups -OCH3 is 1. The second-order valence-electron chi connectivity index (χ2n) is 4.22. The smallest absolute Gasteiger partial charge is 0.143 e. The van der Waals surface area contributed by atoms with E-state index in [1.165, 1.54) is 0 Å². The Labute approximate surface area is 119 Å². The molecule has 0 aliphatic rings. The molecule has 6 nitrogen and oxygen atoms in total. The molecule has 0 heterocycles. The van der Waals surface area contributed by atoms with Crippen LogP contribution < -0.4 is 10.5 Å². The molecule has 0 aliphatic carbocycles. The summed E-state index contributed by atoms with van der Waals surface area (Å²) >= 11 is 0. The van der Waals surface area contributed by atoms with Crippen LogP contribution in [0.25, 0.3) is 0 Å². The standard InChI is InChI=1S/C14H22N2O4/c1-18-9-10-19-7-2-8-20-13-5-3-12(4-6-13)11-14(15)16-17/h3-6,17H,2,7-11H2,1H3,(H2,15,16). The first-order valence-electron chi connectivity index (χ1n) is 6.51. The molecule has 0 spiro atoms. The average molecular weight is 282 g/mol. The maximum atomic E-state index is 8.49. The van der Waals surface area contributed by atoms with E-state index in [2.05, 4.69) is 5.16 Å². The van der Waals surface area contributed by atoms with Crippen LogP contribution in [-0.2, 0) is 15.9 Å². The van der Waals surface area contributed by atoms with Gasteiger partial charge in [-0.25, -0.2) is 0 Å². The number of rotatable bonds is 10. The van der Waals surface area contributed by atoms with Gasteiger partial charge in [0.2, 0.25) is 0 Å². The number of hydrogen-bond acceptors (Lipinski definition) is 5. The number of amidine groups is 1. The SMILES string of the molecule is COCCOCCCOc1ccc(C/C(N)=N/O)cc1. The van der Waals surface area contributed by atoms with Crippen molar-refractivity contribution in [3.8, 4) is 5.75 Å². The topological polar surface area (TPSA) is 86.3 Å². The van der Waals surface area contributed by atoms with Gasteiger partial charge in [-0.1, -0.05) is 17.3 Å². The molecule has 20 heavy (non-hydrogen) atoms. The van der Waals surface area contributed by atoms with Gasteiger partial charge in [-0.3, -0.25) is 0 Å². The van der Waals surface area contributed by atoms with E-state index in [1.54, 1.807) is 7.11 Å². The van der Waals surface area contributed by atoms with E-state index in [9.17, 15) is 0 Å². The van der Waals surface area contributed by atoms with Crippen molar-refractivity contribution in [1.82, 2.24) is 0 Å². The molecule has 0 saturated heterocycles. The van der Waals surface area contributed by atoms with Crippen molar-refractivity contribution in [2.45, 2.75) is 12.8 Å². The van der Waals surface area contributed by atoms with E-state index in [0.29, 0.717) is 32.8 Å². The highest BCUT2D eigenvalue weighted by Gasteiger charge is 1.99. The number of ether oxygens (including phenoxy) is 3. The number of hydrogen-bond donors (Lipinski definition) is 2. The quantitative estimate of drug-likeness (QED) is 0.223. The van der Waals surface area contributed by atoms with Crippen LogP contribution in [0.3, 0.4) is 0 Å². The summed E-state index contributed by atoms with van der Waals surface area (Å²) in [6.07, 6.45) is 1.25. The van der Waals surface area contributed by atoms with Gasteiger partial charge in [0.25, 0.3) is 0 Å². The molecule has 1 aromatic carbocycles. The van der Waals surface area contributed by atoms with Gasteiger partial charge in [0.15, 0.2) is 0 Å². The third-order valence-corrected chi connectivity index (χ3v) is 2.57. The lowest BCUT2D eigenvalue weighted by Gasteiger charge is -2.07. The first-order chi connectivity index (χ1) is 9.76. The van der Waals surface area contributed by atoms with E-state index in [-0.39, 0.29) is 5.84 Å². The fourth-order valence-electron chi connectivity index (χ4n) is 1.54. The van der Waals surface area contributed by atoms with E-state index in [1.807, 2.05) is 24.3 Å². The molecule has 6 heteroatoms.